The molecule has 2 rings (SSSR count). The van der Waals surface area contributed by atoms with Gasteiger partial charge in [0.1, 0.15) is 11.6 Å². The zero-order valence-corrected chi connectivity index (χ0v) is 11.1. The van der Waals surface area contributed by atoms with Gasteiger partial charge < -0.3 is 10.4 Å². The van der Waals surface area contributed by atoms with Gasteiger partial charge in [-0.25, -0.2) is 4.39 Å². The number of aromatic hydroxyl groups is 1. The molecule has 0 bridgehead atoms. The number of amides is 1. The van der Waals surface area contributed by atoms with Crippen molar-refractivity contribution in [2.24, 2.45) is 0 Å². The average Bonchev–Trinajstić information content (AvgIpc) is 2.42. The minimum absolute atomic E-state index is 0.106. The van der Waals surface area contributed by atoms with Gasteiger partial charge in [0, 0.05) is 17.8 Å². The Morgan fingerprint density at radius 1 is 1.29 bits per heavy atom. The van der Waals surface area contributed by atoms with Crippen LogP contribution < -0.4 is 5.32 Å². The summed E-state index contributed by atoms with van der Waals surface area (Å²) in [6.45, 7) is 0. The van der Waals surface area contributed by atoms with E-state index >= 15 is 0 Å². The predicted octanol–water partition coefficient (Wildman–Crippen LogP) is 3.35. The summed E-state index contributed by atoms with van der Waals surface area (Å²) in [5.74, 6) is -2.05. The number of nitrogens with zero attached hydrogens (tertiary/aromatic N) is 1. The van der Waals surface area contributed by atoms with Crippen molar-refractivity contribution in [3.05, 3.63) is 62.9 Å². The van der Waals surface area contributed by atoms with Crippen molar-refractivity contribution in [2.75, 3.05) is 5.32 Å². The van der Waals surface area contributed by atoms with Crippen LogP contribution in [0, 0.1) is 15.9 Å². The molecule has 0 aliphatic rings. The van der Waals surface area contributed by atoms with Crippen molar-refractivity contribution < 1.29 is 19.2 Å². The second kappa shape index (κ2) is 5.76. The number of carbonyl (C=O) groups excluding carboxylic acids is 1. The Balaban J connectivity index is 2.24. The molecule has 0 spiro atoms. The molecule has 2 N–H and O–H groups in total. The van der Waals surface area contributed by atoms with Crippen LogP contribution in [0.1, 0.15) is 10.4 Å². The first-order valence-electron chi connectivity index (χ1n) is 5.62. The Hall–Kier alpha value is -2.67. The van der Waals surface area contributed by atoms with Gasteiger partial charge in [0.05, 0.1) is 21.6 Å². The van der Waals surface area contributed by atoms with Crippen molar-refractivity contribution in [2.45, 2.75) is 0 Å². The smallest absolute Gasteiger partial charge is 0.272 e. The highest BCUT2D eigenvalue weighted by Crippen LogP contribution is 2.26. The summed E-state index contributed by atoms with van der Waals surface area (Å²) in [5.41, 5.74) is -0.595. The zero-order valence-electron chi connectivity index (χ0n) is 10.3. The molecule has 0 unspecified atom stereocenters. The maximum atomic E-state index is 13.7. The number of non-ortho nitro benzene ring substituents is 1. The molecular formula is C13H8ClFN2O4. The number of nitro benzene ring substituents is 1. The molecule has 6 nitrogen and oxygen atoms in total. The molecule has 8 heteroatoms. The number of hydrogen-bond acceptors (Lipinski definition) is 4. The number of nitro groups is 1. The van der Waals surface area contributed by atoms with Gasteiger partial charge in [-0.15, -0.1) is 0 Å². The monoisotopic (exact) mass is 310 g/mol. The van der Waals surface area contributed by atoms with Crippen LogP contribution in [0.3, 0.4) is 0 Å². The lowest BCUT2D eigenvalue weighted by molar-refractivity contribution is -0.385. The number of nitrogens with one attached hydrogen (secondary N) is 1. The molecule has 0 saturated heterocycles. The largest absolute Gasteiger partial charge is 0.506 e. The Morgan fingerprint density at radius 3 is 2.57 bits per heavy atom. The van der Waals surface area contributed by atoms with E-state index in [0.717, 1.165) is 12.1 Å². The van der Waals surface area contributed by atoms with Crippen LogP contribution in [-0.4, -0.2) is 15.9 Å². The number of hydrogen-bond donors (Lipinski definition) is 2. The topological polar surface area (TPSA) is 92.5 Å². The second-order valence-electron chi connectivity index (χ2n) is 4.04. The highest BCUT2D eigenvalue weighted by Gasteiger charge is 2.16. The van der Waals surface area contributed by atoms with E-state index in [0.29, 0.717) is 6.07 Å². The van der Waals surface area contributed by atoms with Gasteiger partial charge in [0.25, 0.3) is 11.6 Å². The van der Waals surface area contributed by atoms with Crippen LogP contribution in [0.15, 0.2) is 36.4 Å². The summed E-state index contributed by atoms with van der Waals surface area (Å²) in [6.07, 6.45) is 0. The molecule has 0 aromatic heterocycles. The van der Waals surface area contributed by atoms with Crippen molar-refractivity contribution in [1.29, 1.82) is 0 Å². The summed E-state index contributed by atoms with van der Waals surface area (Å²) in [4.78, 5) is 21.6. The van der Waals surface area contributed by atoms with Crippen LogP contribution in [0.2, 0.25) is 5.02 Å². The standard InChI is InChI=1S/C13H8ClFN2O4/c14-10-4-1-7(5-12(10)18)16-13(19)9-3-2-8(17(20)21)6-11(9)15/h1-6,18H,(H,16,19). The third kappa shape index (κ3) is 3.26. The zero-order chi connectivity index (χ0) is 15.6. The van der Waals surface area contributed by atoms with Gasteiger partial charge in [-0.05, 0) is 18.2 Å². The molecule has 0 heterocycles. The van der Waals surface area contributed by atoms with E-state index in [1.165, 1.54) is 18.2 Å². The first-order chi connectivity index (χ1) is 9.88. The van der Waals surface area contributed by atoms with E-state index in [9.17, 15) is 24.4 Å². The van der Waals surface area contributed by atoms with Crippen molar-refractivity contribution in [3.8, 4) is 5.75 Å². The highest BCUT2D eigenvalue weighted by molar-refractivity contribution is 6.32. The SMILES string of the molecule is O=C(Nc1ccc(Cl)c(O)c1)c1ccc([N+](=O)[O-])cc1F. The predicted molar refractivity (Wildman–Crippen MR) is 74.1 cm³/mol. The average molecular weight is 311 g/mol. The fourth-order valence-corrected chi connectivity index (χ4v) is 1.71. The minimum atomic E-state index is -1.01. The molecule has 0 aliphatic heterocycles. The maximum Gasteiger partial charge on any atom is 0.272 e. The summed E-state index contributed by atoms with van der Waals surface area (Å²) in [5, 5.41) is 22.4. The number of halogens is 2. The molecule has 0 saturated carbocycles. The second-order valence-corrected chi connectivity index (χ2v) is 4.45. The number of benzene rings is 2. The van der Waals surface area contributed by atoms with Crippen LogP contribution in [0.25, 0.3) is 0 Å². The van der Waals surface area contributed by atoms with Crippen molar-refractivity contribution in [1.82, 2.24) is 0 Å². The normalized spacial score (nSPS) is 10.2. The molecular weight excluding hydrogens is 303 g/mol. The molecule has 2 aromatic rings. The van der Waals surface area contributed by atoms with Crippen molar-refractivity contribution in [3.63, 3.8) is 0 Å². The van der Waals surface area contributed by atoms with Gasteiger partial charge in [0.15, 0.2) is 0 Å². The van der Waals surface area contributed by atoms with Crippen LogP contribution in [0.4, 0.5) is 15.8 Å². The number of phenolic OH excluding ortho intramolecular Hbond substituents is 1. The lowest BCUT2D eigenvalue weighted by Crippen LogP contribution is -2.13. The Kier molecular flexibility index (Phi) is 4.04. The summed E-state index contributed by atoms with van der Waals surface area (Å²) < 4.78 is 13.7. The van der Waals surface area contributed by atoms with Crippen LogP contribution >= 0.6 is 11.6 Å². The summed E-state index contributed by atoms with van der Waals surface area (Å²) >= 11 is 5.62. The lowest BCUT2D eigenvalue weighted by atomic mass is 10.1. The van der Waals surface area contributed by atoms with Gasteiger partial charge in [-0.1, -0.05) is 11.6 Å². The third-order valence-electron chi connectivity index (χ3n) is 2.61. The molecule has 0 fully saturated rings. The fraction of sp³-hybridized carbons (Fsp3) is 0. The molecule has 21 heavy (non-hydrogen) atoms. The maximum absolute atomic E-state index is 13.7. The summed E-state index contributed by atoms with van der Waals surface area (Å²) in [6, 6.07) is 6.68. The van der Waals surface area contributed by atoms with E-state index in [2.05, 4.69) is 5.32 Å². The molecule has 1 amide bonds. The first kappa shape index (κ1) is 14.7. The summed E-state index contributed by atoms with van der Waals surface area (Å²) in [7, 11) is 0. The van der Waals surface area contributed by atoms with E-state index < -0.39 is 22.3 Å². The molecule has 108 valence electrons. The van der Waals surface area contributed by atoms with Gasteiger partial charge in [-0.2, -0.15) is 0 Å². The van der Waals surface area contributed by atoms with E-state index in [1.54, 1.807) is 0 Å². The molecule has 2 aromatic carbocycles. The molecule has 0 radical (unpaired) electrons. The van der Waals surface area contributed by atoms with Crippen LogP contribution in [-0.2, 0) is 0 Å². The van der Waals surface area contributed by atoms with E-state index in [-0.39, 0.29) is 22.0 Å². The van der Waals surface area contributed by atoms with Crippen molar-refractivity contribution >= 4 is 28.9 Å². The van der Waals surface area contributed by atoms with Gasteiger partial charge in [-0.3, -0.25) is 14.9 Å². The Morgan fingerprint density at radius 2 is 2.00 bits per heavy atom. The lowest BCUT2D eigenvalue weighted by Gasteiger charge is -2.07. The third-order valence-corrected chi connectivity index (χ3v) is 2.93. The minimum Gasteiger partial charge on any atom is -0.506 e. The number of rotatable bonds is 3. The Labute approximate surface area is 122 Å². The quantitative estimate of drug-likeness (QED) is 0.671. The highest BCUT2D eigenvalue weighted by atomic mass is 35.5. The van der Waals surface area contributed by atoms with Gasteiger partial charge in [0.2, 0.25) is 0 Å². The molecule has 0 atom stereocenters. The van der Waals surface area contributed by atoms with E-state index in [4.69, 9.17) is 11.6 Å². The number of anilines is 1. The van der Waals surface area contributed by atoms with Gasteiger partial charge >= 0.3 is 0 Å². The Bertz CT molecular complexity index is 736. The number of phenols is 1. The fourth-order valence-electron chi connectivity index (χ4n) is 1.59. The van der Waals surface area contributed by atoms with Crippen LogP contribution in [0.5, 0.6) is 5.75 Å². The number of carbonyl (C=O) groups is 1. The van der Waals surface area contributed by atoms with E-state index in [1.807, 2.05) is 0 Å². The molecule has 0 aliphatic carbocycles. The first-order valence-corrected chi connectivity index (χ1v) is 6.00.